The van der Waals surface area contributed by atoms with E-state index in [1.807, 2.05) is 6.07 Å². The van der Waals surface area contributed by atoms with Gasteiger partial charge in [0.25, 0.3) is 0 Å². The van der Waals surface area contributed by atoms with Gasteiger partial charge in [-0.05, 0) is 41.5 Å². The summed E-state index contributed by atoms with van der Waals surface area (Å²) in [6.45, 7) is 0. The number of anilines is 1. The van der Waals surface area contributed by atoms with E-state index in [0.29, 0.717) is 22.6 Å². The van der Waals surface area contributed by atoms with E-state index in [-0.39, 0.29) is 5.69 Å². The van der Waals surface area contributed by atoms with Crippen molar-refractivity contribution in [1.29, 1.82) is 0 Å². The first kappa shape index (κ1) is 20.3. The molecule has 0 fully saturated rings. The fourth-order valence-electron chi connectivity index (χ4n) is 3.08. The number of ether oxygens (including phenoxy) is 1. The second kappa shape index (κ2) is 8.26. The highest BCUT2D eigenvalue weighted by atomic mass is 19.4. The number of rotatable bonds is 2. The second-order valence-electron chi connectivity index (χ2n) is 6.30. The van der Waals surface area contributed by atoms with Crippen LogP contribution in [0.15, 0.2) is 72.8 Å². The van der Waals surface area contributed by atoms with Crippen molar-refractivity contribution in [2.45, 2.75) is 12.1 Å². The van der Waals surface area contributed by atoms with Crippen LogP contribution in [0.5, 0.6) is 11.5 Å². The van der Waals surface area contributed by atoms with Gasteiger partial charge >= 0.3 is 6.18 Å². The molecule has 29 heavy (non-hydrogen) atoms. The van der Waals surface area contributed by atoms with Crippen molar-refractivity contribution in [3.63, 3.8) is 0 Å². The molecule has 3 aromatic carbocycles. The van der Waals surface area contributed by atoms with E-state index in [4.69, 9.17) is 9.84 Å². The smallest absolute Gasteiger partial charge is 0.418 e. The van der Waals surface area contributed by atoms with Crippen LogP contribution in [0, 0.1) is 0 Å². The normalized spacial score (nSPS) is 15.0. The van der Waals surface area contributed by atoms with Gasteiger partial charge in [-0.2, -0.15) is 13.2 Å². The lowest BCUT2D eigenvalue weighted by Crippen LogP contribution is -2.14. The maximum atomic E-state index is 13.0. The highest BCUT2D eigenvalue weighted by Crippen LogP contribution is 2.44. The van der Waals surface area contributed by atoms with Gasteiger partial charge in [0.15, 0.2) is 0 Å². The van der Waals surface area contributed by atoms with E-state index >= 15 is 0 Å². The fourth-order valence-corrected chi connectivity index (χ4v) is 3.08. The number of carbonyl (C=O) groups is 1. The standard InChI is InChI=1S/C16H12F3NO2.C6H6O/c1-22-10-7-5-9(6-8-10)13-11-3-2-4-12(16(17,18)19)14(11)20-15(13)21;7-6-4-2-1-3-5-6/h2-8,13H,1H3,(H,20,21);1-5,7H. The Balaban J connectivity index is 0.000000290. The summed E-state index contributed by atoms with van der Waals surface area (Å²) in [4.78, 5) is 12.2. The molecular formula is C22H18F3NO3. The number of amides is 1. The van der Waals surface area contributed by atoms with E-state index in [0.717, 1.165) is 6.07 Å². The Morgan fingerprint density at radius 1 is 0.931 bits per heavy atom. The molecule has 0 saturated heterocycles. The number of fused-ring (bicyclic) bond motifs is 1. The minimum Gasteiger partial charge on any atom is -0.508 e. The van der Waals surface area contributed by atoms with E-state index in [2.05, 4.69) is 5.32 Å². The third kappa shape index (κ3) is 4.51. The van der Waals surface area contributed by atoms with Crippen molar-refractivity contribution in [3.05, 3.63) is 89.5 Å². The third-order valence-corrected chi connectivity index (χ3v) is 4.43. The Kier molecular flexibility index (Phi) is 5.77. The number of aromatic hydroxyl groups is 1. The summed E-state index contributed by atoms with van der Waals surface area (Å²) in [6, 6.07) is 19.2. The molecule has 4 rings (SSSR count). The largest absolute Gasteiger partial charge is 0.508 e. The molecule has 1 atom stereocenters. The summed E-state index contributed by atoms with van der Waals surface area (Å²) in [7, 11) is 1.52. The van der Waals surface area contributed by atoms with Gasteiger partial charge < -0.3 is 15.2 Å². The topological polar surface area (TPSA) is 58.6 Å². The number of benzene rings is 3. The van der Waals surface area contributed by atoms with Crippen LogP contribution in [0.4, 0.5) is 18.9 Å². The predicted octanol–water partition coefficient (Wildman–Crippen LogP) is 5.19. The Bertz CT molecular complexity index is 986. The SMILES string of the molecule is COc1ccc(C2C(=O)Nc3c2cccc3C(F)(F)F)cc1.Oc1ccccc1. The molecule has 3 aromatic rings. The number of methoxy groups -OCH3 is 1. The molecule has 1 aliphatic rings. The van der Waals surface area contributed by atoms with Crippen LogP contribution < -0.4 is 10.1 Å². The lowest BCUT2D eigenvalue weighted by molar-refractivity contribution is -0.136. The third-order valence-electron chi connectivity index (χ3n) is 4.43. The molecule has 0 aromatic heterocycles. The molecule has 1 unspecified atom stereocenters. The molecule has 150 valence electrons. The number of nitrogens with one attached hydrogen (secondary N) is 1. The minimum atomic E-state index is -4.51. The van der Waals surface area contributed by atoms with Gasteiger partial charge in [-0.25, -0.2) is 0 Å². The fraction of sp³-hybridized carbons (Fsp3) is 0.136. The maximum absolute atomic E-state index is 13.0. The Labute approximate surface area is 165 Å². The van der Waals surface area contributed by atoms with Gasteiger partial charge in [-0.3, -0.25) is 4.79 Å². The van der Waals surface area contributed by atoms with Crippen molar-refractivity contribution in [2.24, 2.45) is 0 Å². The number of phenols is 1. The van der Waals surface area contributed by atoms with Crippen molar-refractivity contribution < 1.29 is 27.8 Å². The number of phenolic OH excluding ortho intramolecular Hbond substituents is 1. The van der Waals surface area contributed by atoms with Crippen LogP contribution in [0.3, 0.4) is 0 Å². The first-order valence-electron chi connectivity index (χ1n) is 8.70. The van der Waals surface area contributed by atoms with E-state index in [1.54, 1.807) is 48.5 Å². The Hall–Kier alpha value is -3.48. The number of hydrogen-bond acceptors (Lipinski definition) is 3. The molecule has 1 heterocycles. The Morgan fingerprint density at radius 3 is 2.10 bits per heavy atom. The lowest BCUT2D eigenvalue weighted by atomic mass is 9.91. The molecule has 1 amide bonds. The Morgan fingerprint density at radius 2 is 1.59 bits per heavy atom. The first-order valence-corrected chi connectivity index (χ1v) is 8.70. The molecule has 2 N–H and O–H groups in total. The quantitative estimate of drug-likeness (QED) is 0.621. The average molecular weight is 401 g/mol. The van der Waals surface area contributed by atoms with Gasteiger partial charge in [-0.1, -0.05) is 42.5 Å². The molecule has 0 saturated carbocycles. The van der Waals surface area contributed by atoms with Crippen LogP contribution in [0.1, 0.15) is 22.6 Å². The summed E-state index contributed by atoms with van der Waals surface area (Å²) in [5.41, 5.74) is -0.0171. The second-order valence-corrected chi connectivity index (χ2v) is 6.30. The zero-order valence-electron chi connectivity index (χ0n) is 15.4. The molecule has 0 aliphatic carbocycles. The molecule has 4 nitrogen and oxygen atoms in total. The number of hydrogen-bond donors (Lipinski definition) is 2. The van der Waals surface area contributed by atoms with Crippen molar-refractivity contribution >= 4 is 11.6 Å². The molecule has 0 radical (unpaired) electrons. The minimum absolute atomic E-state index is 0.152. The summed E-state index contributed by atoms with van der Waals surface area (Å²) in [6.07, 6.45) is -4.51. The van der Waals surface area contributed by atoms with E-state index in [1.165, 1.54) is 19.2 Å². The highest BCUT2D eigenvalue weighted by Gasteiger charge is 2.40. The van der Waals surface area contributed by atoms with Crippen molar-refractivity contribution in [1.82, 2.24) is 0 Å². The van der Waals surface area contributed by atoms with Crippen molar-refractivity contribution in [2.75, 3.05) is 12.4 Å². The van der Waals surface area contributed by atoms with E-state index < -0.39 is 23.6 Å². The number of carbonyl (C=O) groups excluding carboxylic acids is 1. The van der Waals surface area contributed by atoms with Crippen LogP contribution in [0.2, 0.25) is 0 Å². The summed E-state index contributed by atoms with van der Waals surface area (Å²) in [5, 5.41) is 11.0. The zero-order valence-corrected chi connectivity index (χ0v) is 15.4. The predicted molar refractivity (Wildman–Crippen MR) is 103 cm³/mol. The number of para-hydroxylation sites is 2. The van der Waals surface area contributed by atoms with Crippen molar-refractivity contribution in [3.8, 4) is 11.5 Å². The molecule has 7 heteroatoms. The van der Waals surface area contributed by atoms with Crippen LogP contribution in [-0.2, 0) is 11.0 Å². The molecule has 0 bridgehead atoms. The van der Waals surface area contributed by atoms with Crippen LogP contribution in [-0.4, -0.2) is 18.1 Å². The monoisotopic (exact) mass is 401 g/mol. The zero-order chi connectivity index (χ0) is 21.0. The van der Waals surface area contributed by atoms with Gasteiger partial charge in [0, 0.05) is 0 Å². The first-order chi connectivity index (χ1) is 13.8. The average Bonchev–Trinajstić information content (AvgIpc) is 3.04. The molecule has 1 aliphatic heterocycles. The maximum Gasteiger partial charge on any atom is 0.418 e. The van der Waals surface area contributed by atoms with Crippen LogP contribution >= 0.6 is 0 Å². The van der Waals surface area contributed by atoms with Crippen LogP contribution in [0.25, 0.3) is 0 Å². The molecule has 0 spiro atoms. The highest BCUT2D eigenvalue weighted by molar-refractivity contribution is 6.05. The number of halogens is 3. The molecular weight excluding hydrogens is 383 g/mol. The van der Waals surface area contributed by atoms with Gasteiger partial charge in [-0.15, -0.1) is 0 Å². The van der Waals surface area contributed by atoms with Gasteiger partial charge in [0.1, 0.15) is 11.5 Å². The van der Waals surface area contributed by atoms with E-state index in [9.17, 15) is 18.0 Å². The number of alkyl halides is 3. The summed E-state index contributed by atoms with van der Waals surface area (Å²) >= 11 is 0. The van der Waals surface area contributed by atoms with Gasteiger partial charge in [0.05, 0.1) is 24.3 Å². The van der Waals surface area contributed by atoms with Gasteiger partial charge in [0.2, 0.25) is 5.91 Å². The lowest BCUT2D eigenvalue weighted by Gasteiger charge is -2.12. The summed E-state index contributed by atoms with van der Waals surface area (Å²) < 4.78 is 44.1. The summed E-state index contributed by atoms with van der Waals surface area (Å²) in [5.74, 6) is -0.269.